The highest BCUT2D eigenvalue weighted by molar-refractivity contribution is 9.09. The summed E-state index contributed by atoms with van der Waals surface area (Å²) in [6.07, 6.45) is -1.72. The number of halogens is 4. The van der Waals surface area contributed by atoms with Gasteiger partial charge in [0.25, 0.3) is 0 Å². The minimum Gasteiger partial charge on any atom is -0.406 e. The number of rotatable bonds is 6. The van der Waals surface area contributed by atoms with E-state index in [4.69, 9.17) is 0 Å². The van der Waals surface area contributed by atoms with Gasteiger partial charge in [-0.05, 0) is 42.9 Å². The topological polar surface area (TPSA) is 9.23 Å². The summed E-state index contributed by atoms with van der Waals surface area (Å²) in [4.78, 5) is 0.443. The molecule has 1 aromatic carbocycles. The van der Waals surface area contributed by atoms with E-state index in [1.165, 1.54) is 12.1 Å². The molecule has 0 saturated carbocycles. The molecule has 0 fully saturated rings. The first-order chi connectivity index (χ1) is 8.76. The predicted octanol–water partition coefficient (Wildman–Crippen LogP) is 5.33. The Morgan fingerprint density at radius 2 is 1.74 bits per heavy atom. The molecule has 0 amide bonds. The van der Waals surface area contributed by atoms with E-state index in [9.17, 15) is 13.2 Å². The Labute approximate surface area is 120 Å². The molecule has 0 N–H and O–H groups in total. The van der Waals surface area contributed by atoms with Gasteiger partial charge in [0.15, 0.2) is 0 Å². The van der Waals surface area contributed by atoms with Gasteiger partial charge in [-0.15, -0.1) is 13.2 Å². The normalized spacial score (nSPS) is 13.6. The molecule has 1 atom stereocenters. The highest BCUT2D eigenvalue weighted by Crippen LogP contribution is 2.24. The van der Waals surface area contributed by atoms with Crippen molar-refractivity contribution < 1.29 is 17.9 Å². The van der Waals surface area contributed by atoms with E-state index in [-0.39, 0.29) is 5.75 Å². The number of aryl methyl sites for hydroxylation is 1. The first-order valence-corrected chi connectivity index (χ1v) is 7.16. The average Bonchev–Trinajstić information content (AvgIpc) is 2.25. The third kappa shape index (κ3) is 7.45. The number of hydrogen-bond acceptors (Lipinski definition) is 1. The van der Waals surface area contributed by atoms with Crippen LogP contribution in [0.4, 0.5) is 13.2 Å². The molecule has 0 spiro atoms. The average molecular weight is 339 g/mol. The molecule has 1 nitrogen and oxygen atoms in total. The van der Waals surface area contributed by atoms with Crippen LogP contribution in [0, 0.1) is 5.92 Å². The smallest absolute Gasteiger partial charge is 0.406 e. The van der Waals surface area contributed by atoms with Crippen molar-refractivity contribution in [1.82, 2.24) is 0 Å². The van der Waals surface area contributed by atoms with Crippen LogP contribution >= 0.6 is 15.9 Å². The highest BCUT2D eigenvalue weighted by atomic mass is 79.9. The number of benzene rings is 1. The second kappa shape index (κ2) is 7.17. The lowest BCUT2D eigenvalue weighted by Crippen LogP contribution is -2.17. The molecule has 0 aliphatic rings. The fourth-order valence-electron chi connectivity index (χ4n) is 1.81. The van der Waals surface area contributed by atoms with Gasteiger partial charge in [0, 0.05) is 4.83 Å². The van der Waals surface area contributed by atoms with Crippen LogP contribution in [0.2, 0.25) is 0 Å². The lowest BCUT2D eigenvalue weighted by molar-refractivity contribution is -0.274. The summed E-state index contributed by atoms with van der Waals surface area (Å²) in [6, 6.07) is 6.06. The van der Waals surface area contributed by atoms with Crippen LogP contribution in [0.3, 0.4) is 0 Å². The standard InChI is InChI=1S/C14H18BrF3O/c1-10(2)9-12(15)6-3-11-4-7-13(8-5-11)19-14(16,17)18/h4-5,7-8,10,12H,3,6,9H2,1-2H3. The van der Waals surface area contributed by atoms with Gasteiger partial charge >= 0.3 is 6.36 Å². The molecule has 0 radical (unpaired) electrons. The summed E-state index contributed by atoms with van der Waals surface area (Å²) in [5.74, 6) is 0.459. The van der Waals surface area contributed by atoms with Gasteiger partial charge in [0.05, 0.1) is 0 Å². The van der Waals surface area contributed by atoms with Crippen molar-refractivity contribution >= 4 is 15.9 Å². The van der Waals surface area contributed by atoms with Crippen LogP contribution in [-0.4, -0.2) is 11.2 Å². The summed E-state index contributed by atoms with van der Waals surface area (Å²) in [5, 5.41) is 0. The second-order valence-electron chi connectivity index (χ2n) is 4.96. The minimum absolute atomic E-state index is 0.172. The van der Waals surface area contributed by atoms with Gasteiger partial charge in [-0.3, -0.25) is 0 Å². The van der Waals surface area contributed by atoms with Gasteiger partial charge in [-0.25, -0.2) is 0 Å². The van der Waals surface area contributed by atoms with Crippen molar-refractivity contribution in [2.24, 2.45) is 5.92 Å². The largest absolute Gasteiger partial charge is 0.573 e. The van der Waals surface area contributed by atoms with Gasteiger partial charge < -0.3 is 4.74 Å². The second-order valence-corrected chi connectivity index (χ2v) is 6.25. The molecule has 0 aliphatic carbocycles. The van der Waals surface area contributed by atoms with Crippen LogP contribution in [0.1, 0.15) is 32.3 Å². The van der Waals surface area contributed by atoms with E-state index in [1.54, 1.807) is 12.1 Å². The van der Waals surface area contributed by atoms with E-state index in [1.807, 2.05) is 0 Å². The molecular formula is C14H18BrF3O. The maximum Gasteiger partial charge on any atom is 0.573 e. The first kappa shape index (κ1) is 16.3. The molecule has 19 heavy (non-hydrogen) atoms. The molecule has 1 unspecified atom stereocenters. The van der Waals surface area contributed by atoms with E-state index in [0.29, 0.717) is 10.7 Å². The van der Waals surface area contributed by atoms with Gasteiger partial charge in [-0.1, -0.05) is 41.9 Å². The molecule has 0 bridgehead atoms. The number of hydrogen-bond donors (Lipinski definition) is 0. The molecule has 1 rings (SSSR count). The summed E-state index contributed by atoms with van der Waals surface area (Å²) in [7, 11) is 0. The molecule has 0 aromatic heterocycles. The van der Waals surface area contributed by atoms with Gasteiger partial charge in [-0.2, -0.15) is 0 Å². The lowest BCUT2D eigenvalue weighted by atomic mass is 10.0. The fourth-order valence-corrected chi connectivity index (χ4v) is 2.79. The third-order valence-corrected chi connectivity index (χ3v) is 3.46. The maximum absolute atomic E-state index is 12.0. The minimum atomic E-state index is -4.63. The quantitative estimate of drug-likeness (QED) is 0.637. The number of alkyl halides is 4. The monoisotopic (exact) mass is 338 g/mol. The van der Waals surface area contributed by atoms with Crippen molar-refractivity contribution in [1.29, 1.82) is 0 Å². The van der Waals surface area contributed by atoms with Crippen LogP contribution in [0.15, 0.2) is 24.3 Å². The molecule has 0 aliphatic heterocycles. The van der Waals surface area contributed by atoms with Crippen molar-refractivity contribution in [3.05, 3.63) is 29.8 Å². The van der Waals surface area contributed by atoms with Crippen molar-refractivity contribution in [3.8, 4) is 5.75 Å². The zero-order valence-corrected chi connectivity index (χ0v) is 12.6. The van der Waals surface area contributed by atoms with Crippen LogP contribution in [0.25, 0.3) is 0 Å². The number of ether oxygens (including phenoxy) is 1. The van der Waals surface area contributed by atoms with E-state index in [0.717, 1.165) is 24.8 Å². The molecule has 1 aromatic rings. The van der Waals surface area contributed by atoms with Crippen LogP contribution < -0.4 is 4.74 Å². The Morgan fingerprint density at radius 1 is 1.16 bits per heavy atom. The van der Waals surface area contributed by atoms with Crippen LogP contribution in [0.5, 0.6) is 5.75 Å². The predicted molar refractivity (Wildman–Crippen MR) is 73.6 cm³/mol. The Hall–Kier alpha value is -0.710. The maximum atomic E-state index is 12.0. The Kier molecular flexibility index (Phi) is 6.17. The zero-order valence-electron chi connectivity index (χ0n) is 11.0. The zero-order chi connectivity index (χ0) is 14.5. The van der Waals surface area contributed by atoms with Crippen molar-refractivity contribution in [2.75, 3.05) is 0 Å². The van der Waals surface area contributed by atoms with Gasteiger partial charge in [0.2, 0.25) is 0 Å². The summed E-state index contributed by atoms with van der Waals surface area (Å²) < 4.78 is 39.8. The SMILES string of the molecule is CC(C)CC(Br)CCc1ccc(OC(F)(F)F)cc1. The molecule has 108 valence electrons. The van der Waals surface area contributed by atoms with Crippen molar-refractivity contribution in [2.45, 2.75) is 44.3 Å². The Bertz CT molecular complexity index is 373. The third-order valence-electron chi connectivity index (χ3n) is 2.63. The highest BCUT2D eigenvalue weighted by Gasteiger charge is 2.30. The summed E-state index contributed by atoms with van der Waals surface area (Å²) in [5.41, 5.74) is 1.02. The Balaban J connectivity index is 2.44. The summed E-state index contributed by atoms with van der Waals surface area (Å²) >= 11 is 3.62. The summed E-state index contributed by atoms with van der Waals surface area (Å²) in [6.45, 7) is 4.33. The van der Waals surface area contributed by atoms with Crippen LogP contribution in [-0.2, 0) is 6.42 Å². The molecule has 0 saturated heterocycles. The molecule has 5 heteroatoms. The van der Waals surface area contributed by atoms with E-state index >= 15 is 0 Å². The Morgan fingerprint density at radius 3 is 2.21 bits per heavy atom. The van der Waals surface area contributed by atoms with Crippen molar-refractivity contribution in [3.63, 3.8) is 0 Å². The molecule has 0 heterocycles. The first-order valence-electron chi connectivity index (χ1n) is 6.25. The fraction of sp³-hybridized carbons (Fsp3) is 0.571. The van der Waals surface area contributed by atoms with Gasteiger partial charge in [0.1, 0.15) is 5.75 Å². The van der Waals surface area contributed by atoms with E-state index < -0.39 is 6.36 Å². The molecular weight excluding hydrogens is 321 g/mol. The lowest BCUT2D eigenvalue weighted by Gasteiger charge is -2.12. The van der Waals surface area contributed by atoms with E-state index in [2.05, 4.69) is 34.5 Å².